The second kappa shape index (κ2) is 10.1. The smallest absolute Gasteiger partial charge is 0.255 e. The van der Waals surface area contributed by atoms with Crippen molar-refractivity contribution in [3.8, 4) is 22.6 Å². The molecule has 38 heavy (non-hydrogen) atoms. The van der Waals surface area contributed by atoms with Gasteiger partial charge in [0.2, 0.25) is 0 Å². The Hall–Kier alpha value is -4.52. The number of hydrogen-bond donors (Lipinski definition) is 6. The molecule has 0 spiro atoms. The van der Waals surface area contributed by atoms with Crippen LogP contribution in [0.5, 0.6) is 11.5 Å². The third kappa shape index (κ3) is 4.63. The molecule has 5 rings (SSSR count). The summed E-state index contributed by atoms with van der Waals surface area (Å²) in [6.45, 7) is 1.98. The van der Waals surface area contributed by atoms with E-state index in [0.29, 0.717) is 16.7 Å². The number of fused-ring (bicyclic) bond motifs is 1. The van der Waals surface area contributed by atoms with Gasteiger partial charge >= 0.3 is 0 Å². The lowest BCUT2D eigenvalue weighted by Gasteiger charge is -2.16. The number of aliphatic hydroxyl groups excluding tert-OH is 2. The van der Waals surface area contributed by atoms with E-state index in [1.807, 2.05) is 31.2 Å². The molecular weight excluding hydrogens is 492 g/mol. The molecule has 12 nitrogen and oxygen atoms in total. The predicted molar refractivity (Wildman–Crippen MR) is 137 cm³/mol. The molecule has 0 aliphatic carbocycles. The lowest BCUT2D eigenvalue weighted by atomic mass is 10.0. The van der Waals surface area contributed by atoms with Crippen LogP contribution in [0.4, 0.5) is 5.82 Å². The second-order valence-electron chi connectivity index (χ2n) is 8.95. The van der Waals surface area contributed by atoms with Gasteiger partial charge in [0.15, 0.2) is 29.2 Å². The van der Waals surface area contributed by atoms with Crippen molar-refractivity contribution in [2.45, 2.75) is 31.5 Å². The molecule has 2 aromatic carbocycles. The molecule has 1 fully saturated rings. The third-order valence-corrected chi connectivity index (χ3v) is 6.36. The van der Waals surface area contributed by atoms with E-state index in [4.69, 9.17) is 10.5 Å². The van der Waals surface area contributed by atoms with E-state index in [2.05, 4.69) is 20.3 Å². The number of carbonyl (C=O) groups excluding carboxylic acids is 1. The zero-order valence-electron chi connectivity index (χ0n) is 20.3. The van der Waals surface area contributed by atoms with Gasteiger partial charge in [0.1, 0.15) is 30.2 Å². The summed E-state index contributed by atoms with van der Waals surface area (Å²) in [6, 6.07) is 10.4. The van der Waals surface area contributed by atoms with Crippen molar-refractivity contribution in [3.63, 3.8) is 0 Å². The fraction of sp³-hybridized carbons (Fsp3) is 0.231. The molecule has 1 aliphatic heterocycles. The number of nitrogens with one attached hydrogen (secondary N) is 1. The Labute approximate surface area is 216 Å². The highest BCUT2D eigenvalue weighted by atomic mass is 16.6. The van der Waals surface area contributed by atoms with Crippen LogP contribution in [0.25, 0.3) is 22.3 Å². The number of phenols is 2. The number of nitrogens with two attached hydrogens (primary N) is 1. The number of carbonyl (C=O) groups is 1. The molecule has 4 atom stereocenters. The van der Waals surface area contributed by atoms with Crippen molar-refractivity contribution in [2.24, 2.45) is 0 Å². The minimum absolute atomic E-state index is 0.0267. The molecule has 1 amide bonds. The number of hydrogen-bond acceptors (Lipinski definition) is 10. The molecule has 1 saturated heterocycles. The fourth-order valence-corrected chi connectivity index (χ4v) is 4.28. The Morgan fingerprint density at radius 1 is 1.11 bits per heavy atom. The minimum atomic E-state index is -1.28. The van der Waals surface area contributed by atoms with Gasteiger partial charge in [-0.2, -0.15) is 0 Å². The average Bonchev–Trinajstić information content (AvgIpc) is 3.45. The molecular formula is C26H26N6O6. The molecule has 7 N–H and O–H groups in total. The highest BCUT2D eigenvalue weighted by molar-refractivity contribution is 5.99. The van der Waals surface area contributed by atoms with Crippen LogP contribution in [-0.2, 0) is 4.74 Å². The number of aryl methyl sites for hydroxylation is 1. The number of nitrogens with zero attached hydrogens (tertiary/aromatic N) is 4. The van der Waals surface area contributed by atoms with Crippen LogP contribution in [0.15, 0.2) is 61.2 Å². The number of ether oxygens (including phenoxy) is 1. The Balaban J connectivity index is 1.25. The van der Waals surface area contributed by atoms with Crippen molar-refractivity contribution < 1.29 is 30.0 Å². The van der Waals surface area contributed by atoms with Gasteiger partial charge in [0, 0.05) is 6.54 Å². The van der Waals surface area contributed by atoms with E-state index < -0.39 is 41.9 Å². The molecule has 12 heteroatoms. The van der Waals surface area contributed by atoms with Crippen LogP contribution < -0.4 is 11.1 Å². The summed E-state index contributed by atoms with van der Waals surface area (Å²) in [7, 11) is 0. The first-order valence-electron chi connectivity index (χ1n) is 11.8. The molecule has 0 radical (unpaired) electrons. The molecule has 0 bridgehead atoms. The third-order valence-electron chi connectivity index (χ3n) is 6.36. The minimum Gasteiger partial charge on any atom is -0.504 e. The van der Waals surface area contributed by atoms with E-state index in [1.54, 1.807) is 6.08 Å². The Morgan fingerprint density at radius 2 is 1.87 bits per heavy atom. The van der Waals surface area contributed by atoms with E-state index in [0.717, 1.165) is 11.1 Å². The van der Waals surface area contributed by atoms with Crippen LogP contribution in [0.3, 0.4) is 0 Å². The van der Waals surface area contributed by atoms with Gasteiger partial charge in [-0.05, 0) is 30.2 Å². The summed E-state index contributed by atoms with van der Waals surface area (Å²) >= 11 is 0. The lowest BCUT2D eigenvalue weighted by molar-refractivity contribution is -0.0245. The molecule has 0 saturated carbocycles. The highest BCUT2D eigenvalue weighted by Gasteiger charge is 2.43. The highest BCUT2D eigenvalue weighted by Crippen LogP contribution is 2.35. The number of benzene rings is 2. The number of imidazole rings is 1. The summed E-state index contributed by atoms with van der Waals surface area (Å²) in [4.78, 5) is 24.9. The Bertz CT molecular complexity index is 1520. The lowest BCUT2D eigenvalue weighted by Crippen LogP contribution is -2.31. The molecule has 0 unspecified atom stereocenters. The number of nitrogen functional groups attached to an aromatic ring is 1. The molecule has 2 aromatic heterocycles. The van der Waals surface area contributed by atoms with Gasteiger partial charge in [0.25, 0.3) is 5.91 Å². The van der Waals surface area contributed by atoms with Crippen molar-refractivity contribution >= 4 is 22.9 Å². The van der Waals surface area contributed by atoms with Crippen LogP contribution >= 0.6 is 0 Å². The zero-order chi connectivity index (χ0) is 27.0. The summed E-state index contributed by atoms with van der Waals surface area (Å²) in [5.74, 6) is -1.37. The predicted octanol–water partition coefficient (Wildman–Crippen LogP) is 1.40. The first-order chi connectivity index (χ1) is 18.2. The molecule has 3 heterocycles. The van der Waals surface area contributed by atoms with E-state index in [1.165, 1.54) is 35.4 Å². The van der Waals surface area contributed by atoms with Gasteiger partial charge < -0.3 is 36.2 Å². The first kappa shape index (κ1) is 25.1. The average molecular weight is 519 g/mol. The van der Waals surface area contributed by atoms with Crippen molar-refractivity contribution in [1.82, 2.24) is 24.8 Å². The standard InChI is InChI=1S/C26H26N6O6/c1-13-4-6-14(7-5-13)15-9-16(20(34)17(33)10-15)25(37)28-8-2-3-18-21(35)22(36)26(38-18)32-12-31-19-23(27)29-11-30-24(19)32/h2-7,9-12,18,21-22,26,33-36H,8H2,1H3,(H,28,37)(H2,27,29,30)/b3-2+/t18-,21-,22-,26-/m1/s1. The number of aliphatic hydroxyl groups is 2. The Morgan fingerprint density at radius 3 is 2.63 bits per heavy atom. The van der Waals surface area contributed by atoms with Crippen LogP contribution in [0, 0.1) is 6.92 Å². The normalized spacial score (nSPS) is 21.3. The largest absolute Gasteiger partial charge is 0.504 e. The van der Waals surface area contributed by atoms with Crippen LogP contribution in [0.2, 0.25) is 0 Å². The SMILES string of the molecule is Cc1ccc(-c2cc(O)c(O)c(C(=O)NC/C=C/[C@H]3O[C@@H](n4cnc5c(N)ncnc54)[C@H](O)[C@@H]3O)c2)cc1. The maximum Gasteiger partial charge on any atom is 0.255 e. The molecule has 196 valence electrons. The topological polar surface area (TPSA) is 189 Å². The number of amides is 1. The van der Waals surface area contributed by atoms with Crippen molar-refractivity contribution in [1.29, 1.82) is 0 Å². The second-order valence-corrected chi connectivity index (χ2v) is 8.95. The van der Waals surface area contributed by atoms with Gasteiger partial charge in [-0.3, -0.25) is 9.36 Å². The summed E-state index contributed by atoms with van der Waals surface area (Å²) in [5.41, 5.74) is 8.83. The zero-order valence-corrected chi connectivity index (χ0v) is 20.3. The fourth-order valence-electron chi connectivity index (χ4n) is 4.28. The maximum absolute atomic E-state index is 12.8. The van der Waals surface area contributed by atoms with Crippen LogP contribution in [-0.4, -0.2) is 70.7 Å². The number of rotatable bonds is 6. The first-order valence-corrected chi connectivity index (χ1v) is 11.8. The number of aromatic nitrogens is 4. The number of aromatic hydroxyl groups is 2. The monoisotopic (exact) mass is 518 g/mol. The number of anilines is 1. The maximum atomic E-state index is 12.8. The Kier molecular flexibility index (Phi) is 6.68. The molecule has 4 aromatic rings. The summed E-state index contributed by atoms with van der Waals surface area (Å²) in [6.07, 6.45) is 1.33. The van der Waals surface area contributed by atoms with Gasteiger partial charge in [-0.1, -0.05) is 42.0 Å². The van der Waals surface area contributed by atoms with Crippen molar-refractivity contribution in [2.75, 3.05) is 12.3 Å². The van der Waals surface area contributed by atoms with Gasteiger partial charge in [0.05, 0.1) is 11.9 Å². The van der Waals surface area contributed by atoms with E-state index in [-0.39, 0.29) is 17.9 Å². The van der Waals surface area contributed by atoms with Crippen molar-refractivity contribution in [3.05, 3.63) is 72.3 Å². The molecule has 1 aliphatic rings. The quantitative estimate of drug-likeness (QED) is 0.161. The van der Waals surface area contributed by atoms with Gasteiger partial charge in [-0.25, -0.2) is 15.0 Å². The summed E-state index contributed by atoms with van der Waals surface area (Å²) in [5, 5.41) is 44.1. The van der Waals surface area contributed by atoms with Gasteiger partial charge in [-0.15, -0.1) is 0 Å². The van der Waals surface area contributed by atoms with E-state index >= 15 is 0 Å². The van der Waals surface area contributed by atoms with E-state index in [9.17, 15) is 25.2 Å². The number of phenolic OH excluding ortho intramolecular Hbond substituents is 2. The van der Waals surface area contributed by atoms with Crippen LogP contribution in [0.1, 0.15) is 22.1 Å². The summed E-state index contributed by atoms with van der Waals surface area (Å²) < 4.78 is 7.29.